The molecule has 0 bridgehead atoms. The average molecular weight is 539 g/mol. The van der Waals surface area contributed by atoms with Gasteiger partial charge in [-0.1, -0.05) is 54.6 Å². The van der Waals surface area contributed by atoms with E-state index in [1.165, 1.54) is 23.9 Å². The van der Waals surface area contributed by atoms with Gasteiger partial charge in [-0.3, -0.25) is 9.69 Å². The van der Waals surface area contributed by atoms with Gasteiger partial charge < -0.3 is 14.6 Å². The number of nitrogens with zero attached hydrogens (tertiary/aromatic N) is 2. The Morgan fingerprint density at radius 3 is 2.59 bits per heavy atom. The van der Waals surface area contributed by atoms with E-state index in [0.29, 0.717) is 40.4 Å². The van der Waals surface area contributed by atoms with Gasteiger partial charge in [-0.2, -0.15) is 0 Å². The molecule has 5 rings (SSSR count). The Hall–Kier alpha value is -4.56. The van der Waals surface area contributed by atoms with E-state index in [0.717, 1.165) is 21.9 Å². The second kappa shape index (κ2) is 11.4. The number of hydrogen-bond acceptors (Lipinski definition) is 6. The molecule has 4 aromatic rings. The minimum absolute atomic E-state index is 0.139. The van der Waals surface area contributed by atoms with Gasteiger partial charge in [0, 0.05) is 6.54 Å². The number of carboxylic acids is 1. The first kappa shape index (κ1) is 26.1. The van der Waals surface area contributed by atoms with E-state index in [1.54, 1.807) is 30.2 Å². The highest BCUT2D eigenvalue weighted by molar-refractivity contribution is 8.18. The van der Waals surface area contributed by atoms with Crippen molar-refractivity contribution in [3.8, 4) is 11.5 Å². The van der Waals surface area contributed by atoms with Crippen molar-refractivity contribution in [2.75, 3.05) is 13.7 Å². The molecule has 8 heteroatoms. The second-order valence-corrected chi connectivity index (χ2v) is 9.76. The van der Waals surface area contributed by atoms with Gasteiger partial charge in [-0.25, -0.2) is 9.79 Å². The van der Waals surface area contributed by atoms with Crippen LogP contribution in [-0.4, -0.2) is 40.7 Å². The third-order valence-corrected chi connectivity index (χ3v) is 7.28. The zero-order valence-corrected chi connectivity index (χ0v) is 22.3. The minimum Gasteiger partial charge on any atom is -0.493 e. The number of rotatable bonds is 8. The summed E-state index contributed by atoms with van der Waals surface area (Å²) in [5.74, 6) is -0.0231. The van der Waals surface area contributed by atoms with Crippen LogP contribution in [0.2, 0.25) is 0 Å². The number of carbonyl (C=O) groups excluding carboxylic acids is 1. The summed E-state index contributed by atoms with van der Waals surface area (Å²) < 4.78 is 11.7. The van der Waals surface area contributed by atoms with E-state index in [2.05, 4.69) is 23.2 Å². The van der Waals surface area contributed by atoms with E-state index in [4.69, 9.17) is 9.47 Å². The van der Waals surface area contributed by atoms with Crippen molar-refractivity contribution >= 4 is 51.3 Å². The fourth-order valence-electron chi connectivity index (χ4n) is 4.31. The highest BCUT2D eigenvalue weighted by Crippen LogP contribution is 2.36. The zero-order valence-electron chi connectivity index (χ0n) is 21.5. The summed E-state index contributed by atoms with van der Waals surface area (Å²) in [6.07, 6.45) is 1.79. The highest BCUT2D eigenvalue weighted by Gasteiger charge is 2.32. The molecule has 0 unspecified atom stereocenters. The Morgan fingerprint density at radius 2 is 1.79 bits per heavy atom. The molecule has 0 spiro atoms. The molecule has 0 aliphatic carbocycles. The molecule has 0 atom stereocenters. The Labute approximate surface area is 230 Å². The molecule has 1 aliphatic heterocycles. The second-order valence-electron chi connectivity index (χ2n) is 8.75. The maximum Gasteiger partial charge on any atom is 0.335 e. The summed E-state index contributed by atoms with van der Waals surface area (Å²) in [5, 5.41) is 12.1. The maximum atomic E-state index is 13.1. The summed E-state index contributed by atoms with van der Waals surface area (Å²) in [6.45, 7) is 2.70. The zero-order chi connectivity index (χ0) is 27.4. The number of aromatic carboxylic acids is 1. The monoisotopic (exact) mass is 538 g/mol. The van der Waals surface area contributed by atoms with Crippen molar-refractivity contribution in [3.05, 3.63) is 107 Å². The molecule has 0 radical (unpaired) electrons. The predicted molar refractivity (Wildman–Crippen MR) is 155 cm³/mol. The van der Waals surface area contributed by atoms with Gasteiger partial charge in [-0.05, 0) is 77.0 Å². The summed E-state index contributed by atoms with van der Waals surface area (Å²) in [4.78, 5) is 31.1. The van der Waals surface area contributed by atoms with Gasteiger partial charge in [0.15, 0.2) is 16.7 Å². The van der Waals surface area contributed by atoms with Gasteiger partial charge in [0.25, 0.3) is 5.91 Å². The number of likely N-dealkylation sites (N-methyl/N-ethyl adjacent to an activating group) is 1. The van der Waals surface area contributed by atoms with Crippen molar-refractivity contribution in [2.24, 2.45) is 4.99 Å². The van der Waals surface area contributed by atoms with E-state index >= 15 is 0 Å². The van der Waals surface area contributed by atoms with Crippen LogP contribution in [-0.2, 0) is 11.4 Å². The summed E-state index contributed by atoms with van der Waals surface area (Å²) in [5.41, 5.74) is 2.47. The minimum atomic E-state index is -1.03. The summed E-state index contributed by atoms with van der Waals surface area (Å²) >= 11 is 1.25. The van der Waals surface area contributed by atoms with E-state index in [-0.39, 0.29) is 11.5 Å². The van der Waals surface area contributed by atoms with Crippen molar-refractivity contribution in [1.82, 2.24) is 4.90 Å². The maximum absolute atomic E-state index is 13.1. The Morgan fingerprint density at radius 1 is 1.00 bits per heavy atom. The smallest absolute Gasteiger partial charge is 0.335 e. The number of amidine groups is 1. The number of aliphatic imine (C=N–C) groups is 1. The predicted octanol–water partition coefficient (Wildman–Crippen LogP) is 6.75. The van der Waals surface area contributed by atoms with Crippen LogP contribution in [0.15, 0.2) is 94.8 Å². The van der Waals surface area contributed by atoms with Crippen LogP contribution in [0.4, 0.5) is 5.69 Å². The number of thioether (sulfide) groups is 1. The number of benzene rings is 4. The molecule has 1 amide bonds. The summed E-state index contributed by atoms with van der Waals surface area (Å²) in [6, 6.07) is 26.2. The lowest BCUT2D eigenvalue weighted by atomic mass is 10.1. The van der Waals surface area contributed by atoms with Gasteiger partial charge in [-0.15, -0.1) is 0 Å². The molecule has 196 valence electrons. The molecular weight excluding hydrogens is 512 g/mol. The number of carboxylic acid groups (broad SMARTS) is 1. The first-order valence-corrected chi connectivity index (χ1v) is 13.2. The van der Waals surface area contributed by atoms with E-state index in [9.17, 15) is 14.7 Å². The molecule has 39 heavy (non-hydrogen) atoms. The molecule has 1 fully saturated rings. The first-order chi connectivity index (χ1) is 19.0. The molecule has 1 N–H and O–H groups in total. The van der Waals surface area contributed by atoms with Crippen LogP contribution < -0.4 is 9.47 Å². The van der Waals surface area contributed by atoms with Gasteiger partial charge in [0.1, 0.15) is 6.61 Å². The van der Waals surface area contributed by atoms with Crippen molar-refractivity contribution in [2.45, 2.75) is 13.5 Å². The lowest BCUT2D eigenvalue weighted by molar-refractivity contribution is -0.122. The number of fused-ring (bicyclic) bond motifs is 1. The van der Waals surface area contributed by atoms with Crippen LogP contribution in [0.1, 0.15) is 28.4 Å². The third-order valence-electron chi connectivity index (χ3n) is 6.27. The highest BCUT2D eigenvalue weighted by atomic mass is 32.2. The van der Waals surface area contributed by atoms with Gasteiger partial charge in [0.05, 0.1) is 23.3 Å². The number of ether oxygens (including phenoxy) is 2. The molecule has 0 aromatic heterocycles. The van der Waals surface area contributed by atoms with Crippen molar-refractivity contribution < 1.29 is 24.2 Å². The lowest BCUT2D eigenvalue weighted by Crippen LogP contribution is -2.28. The number of hydrogen-bond donors (Lipinski definition) is 1. The topological polar surface area (TPSA) is 88.4 Å². The Bertz CT molecular complexity index is 1620. The van der Waals surface area contributed by atoms with Crippen LogP contribution in [0.25, 0.3) is 16.8 Å². The number of amides is 1. The molecule has 4 aromatic carbocycles. The van der Waals surface area contributed by atoms with E-state index < -0.39 is 5.97 Å². The molecular formula is C31H26N2O5S. The Balaban J connectivity index is 1.37. The van der Waals surface area contributed by atoms with Crippen molar-refractivity contribution in [3.63, 3.8) is 0 Å². The van der Waals surface area contributed by atoms with Crippen LogP contribution >= 0.6 is 11.8 Å². The number of carbonyl (C=O) groups is 2. The largest absolute Gasteiger partial charge is 0.493 e. The molecule has 1 heterocycles. The van der Waals surface area contributed by atoms with Crippen LogP contribution in [0.3, 0.4) is 0 Å². The van der Waals surface area contributed by atoms with E-state index in [1.807, 2.05) is 49.4 Å². The normalized spacial score (nSPS) is 15.3. The van der Waals surface area contributed by atoms with Crippen LogP contribution in [0.5, 0.6) is 11.5 Å². The van der Waals surface area contributed by atoms with Crippen molar-refractivity contribution in [1.29, 1.82) is 0 Å². The molecule has 1 aliphatic rings. The molecule has 7 nitrogen and oxygen atoms in total. The van der Waals surface area contributed by atoms with Gasteiger partial charge >= 0.3 is 5.97 Å². The lowest BCUT2D eigenvalue weighted by Gasteiger charge is -2.13. The third kappa shape index (κ3) is 5.66. The quantitative estimate of drug-likeness (QED) is 0.250. The van der Waals surface area contributed by atoms with Gasteiger partial charge in [0.2, 0.25) is 0 Å². The first-order valence-electron chi connectivity index (χ1n) is 12.4. The van der Waals surface area contributed by atoms with Crippen LogP contribution in [0, 0.1) is 0 Å². The average Bonchev–Trinajstić information content (AvgIpc) is 3.25. The summed E-state index contributed by atoms with van der Waals surface area (Å²) in [7, 11) is 1.58. The SMILES string of the molecule is CCN1C(=O)/C(=C/c2ccc(OCc3cccc4ccccc34)c(OC)c2)SC1=Nc1cccc(C(=O)O)c1. The molecule has 0 saturated carbocycles. The molecule has 1 saturated heterocycles. The fraction of sp³-hybridized carbons (Fsp3) is 0.129. The Kier molecular flexibility index (Phi) is 7.65. The fourth-order valence-corrected chi connectivity index (χ4v) is 5.37. The standard InChI is InChI=1S/C31H26N2O5S/c1-3-33-29(34)28(39-31(33)32-24-12-7-10-22(18-24)30(35)36)17-20-14-15-26(27(16-20)37-2)38-19-23-11-6-9-21-8-4-5-13-25(21)23/h4-18H,3,19H2,1-2H3,(H,35,36)/b28-17-,32-31?. The number of methoxy groups -OCH3 is 1.